The maximum atomic E-state index is 15.0. The highest BCUT2D eigenvalue weighted by Crippen LogP contribution is 2.64. The Morgan fingerprint density at radius 3 is 1.25 bits per heavy atom. The minimum atomic E-state index is -3.04. The van der Waals surface area contributed by atoms with Crippen LogP contribution >= 0.6 is 14.6 Å². The van der Waals surface area contributed by atoms with E-state index in [1.54, 1.807) is 0 Å². The summed E-state index contributed by atoms with van der Waals surface area (Å²) in [5.74, 6) is 0. The smallest absolute Gasteiger partial charge is 0.209 e. The van der Waals surface area contributed by atoms with Gasteiger partial charge in [-0.25, -0.2) is 4.89 Å². The lowest BCUT2D eigenvalue weighted by molar-refractivity contribution is 0.569. The van der Waals surface area contributed by atoms with Crippen LogP contribution in [0.4, 0.5) is 0 Å². The van der Waals surface area contributed by atoms with Crippen LogP contribution in [0.3, 0.4) is 0 Å². The van der Waals surface area contributed by atoms with E-state index in [9.17, 15) is 9.46 Å². The predicted octanol–water partition coefficient (Wildman–Crippen LogP) is 5.35. The highest BCUT2D eigenvalue weighted by atomic mass is 31.2. The van der Waals surface area contributed by atoms with Gasteiger partial charge in [0.25, 0.3) is 0 Å². The topological polar surface area (TPSA) is 37.3 Å². The molecule has 2 atom stereocenters. The van der Waals surface area contributed by atoms with Crippen LogP contribution in [-0.2, 0) is 4.57 Å². The molecule has 4 rings (SSSR count). The second-order valence-electron chi connectivity index (χ2n) is 8.17. The van der Waals surface area contributed by atoms with E-state index in [1.165, 1.54) is 0 Å². The van der Waals surface area contributed by atoms with Gasteiger partial charge in [0, 0.05) is 10.6 Å². The molecular weight excluding hydrogens is 430 g/mol. The third-order valence-corrected chi connectivity index (χ3v) is 14.2. The van der Waals surface area contributed by atoms with Crippen molar-refractivity contribution in [2.24, 2.45) is 0 Å². The van der Waals surface area contributed by atoms with Crippen molar-refractivity contribution in [3.8, 4) is 0 Å². The molecular formula is C28H29O2P2+. The summed E-state index contributed by atoms with van der Waals surface area (Å²) in [5, 5.41) is 3.49. The first-order valence-electron chi connectivity index (χ1n) is 10.9. The summed E-state index contributed by atoms with van der Waals surface area (Å²) in [7, 11) is -5.87. The third kappa shape index (κ3) is 4.00. The molecule has 1 N–H and O–H groups in total. The van der Waals surface area contributed by atoms with E-state index in [4.69, 9.17) is 0 Å². The predicted molar refractivity (Wildman–Crippen MR) is 140 cm³/mol. The number of rotatable bonds is 7. The molecule has 0 spiro atoms. The molecule has 32 heavy (non-hydrogen) atoms. The number of benzene rings is 4. The van der Waals surface area contributed by atoms with E-state index in [0.717, 1.165) is 21.2 Å². The van der Waals surface area contributed by atoms with Crippen molar-refractivity contribution in [2.45, 2.75) is 25.2 Å². The van der Waals surface area contributed by atoms with Crippen LogP contribution in [0.1, 0.15) is 13.8 Å². The first-order valence-corrected chi connectivity index (χ1v) is 14.5. The Balaban J connectivity index is 1.90. The van der Waals surface area contributed by atoms with E-state index < -0.39 is 14.6 Å². The fraction of sp³-hybridized carbons (Fsp3) is 0.143. The highest BCUT2D eigenvalue weighted by molar-refractivity contribution is 7.87. The summed E-state index contributed by atoms with van der Waals surface area (Å²) in [4.78, 5) is 12.4. The van der Waals surface area contributed by atoms with Crippen LogP contribution in [-0.4, -0.2) is 16.2 Å². The SMILES string of the molecule is CC(C(C)[P+](O)(c1ccccc1)c1ccccc1)P(=O)(c1ccccc1)c1ccccc1. The highest BCUT2D eigenvalue weighted by Gasteiger charge is 2.54. The molecule has 0 saturated heterocycles. The minimum absolute atomic E-state index is 0.224. The Labute approximate surface area is 191 Å². The number of hydrogen-bond donors (Lipinski definition) is 1. The summed E-state index contributed by atoms with van der Waals surface area (Å²) in [6.45, 7) is 4.11. The molecule has 4 aromatic rings. The van der Waals surface area contributed by atoms with Crippen molar-refractivity contribution in [2.75, 3.05) is 0 Å². The Morgan fingerprint density at radius 2 is 0.906 bits per heavy atom. The molecule has 4 aromatic carbocycles. The monoisotopic (exact) mass is 459 g/mol. The average Bonchev–Trinajstić information content (AvgIpc) is 2.89. The lowest BCUT2D eigenvalue weighted by Gasteiger charge is -2.34. The van der Waals surface area contributed by atoms with Crippen LogP contribution in [0.2, 0.25) is 0 Å². The first kappa shape index (κ1) is 22.7. The van der Waals surface area contributed by atoms with Gasteiger partial charge < -0.3 is 4.57 Å². The molecule has 2 unspecified atom stereocenters. The molecule has 0 radical (unpaired) electrons. The van der Waals surface area contributed by atoms with Gasteiger partial charge in [0.1, 0.15) is 23.4 Å². The fourth-order valence-electron chi connectivity index (χ4n) is 4.46. The van der Waals surface area contributed by atoms with Crippen LogP contribution in [0.25, 0.3) is 0 Å². The lowest BCUT2D eigenvalue weighted by Crippen LogP contribution is -2.39. The molecule has 0 aromatic heterocycles. The molecule has 0 bridgehead atoms. The van der Waals surface area contributed by atoms with Crippen molar-refractivity contribution in [3.05, 3.63) is 121 Å². The third-order valence-electron chi connectivity index (χ3n) is 6.44. The summed E-state index contributed by atoms with van der Waals surface area (Å²) in [5.41, 5.74) is -0.496. The Morgan fingerprint density at radius 1 is 0.594 bits per heavy atom. The van der Waals surface area contributed by atoms with Crippen LogP contribution < -0.4 is 21.2 Å². The van der Waals surface area contributed by atoms with Crippen molar-refractivity contribution < 1.29 is 9.46 Å². The molecule has 0 aliphatic rings. The van der Waals surface area contributed by atoms with E-state index in [2.05, 4.69) is 6.92 Å². The van der Waals surface area contributed by atoms with Gasteiger partial charge in [-0.05, 0) is 31.2 Å². The van der Waals surface area contributed by atoms with Gasteiger partial charge in [-0.3, -0.25) is 0 Å². The quantitative estimate of drug-likeness (QED) is 0.378. The Hall–Kier alpha value is -2.50. The van der Waals surface area contributed by atoms with Crippen molar-refractivity contribution in [1.29, 1.82) is 0 Å². The summed E-state index contributed by atoms with van der Waals surface area (Å²) < 4.78 is 15.0. The van der Waals surface area contributed by atoms with E-state index >= 15 is 0 Å². The standard InChI is InChI=1S/C28H29O2P2/c1-23(31(29,25-15-7-3-8-16-25)26-17-9-4-10-18-26)24(2)32(30,27-19-11-5-12-20-27)28-21-13-6-14-22-28/h3-24,29H,1-2H3/q+1. The maximum Gasteiger partial charge on any atom is 0.209 e. The van der Waals surface area contributed by atoms with Crippen LogP contribution in [0.15, 0.2) is 121 Å². The molecule has 0 aliphatic carbocycles. The largest absolute Gasteiger partial charge is 0.313 e. The van der Waals surface area contributed by atoms with Gasteiger partial charge in [-0.1, -0.05) is 104 Å². The zero-order valence-corrected chi connectivity index (χ0v) is 20.2. The van der Waals surface area contributed by atoms with E-state index in [0.29, 0.717) is 0 Å². The van der Waals surface area contributed by atoms with Gasteiger partial charge in [-0.15, -0.1) is 0 Å². The molecule has 0 amide bonds. The van der Waals surface area contributed by atoms with Gasteiger partial charge in [0.2, 0.25) is 7.49 Å². The van der Waals surface area contributed by atoms with E-state index in [-0.39, 0.29) is 11.3 Å². The Kier molecular flexibility index (Phi) is 6.77. The minimum Gasteiger partial charge on any atom is -0.313 e. The number of hydrogen-bond acceptors (Lipinski definition) is 2. The normalized spacial score (nSPS) is 14.0. The molecule has 0 saturated carbocycles. The molecule has 0 aliphatic heterocycles. The lowest BCUT2D eigenvalue weighted by atomic mass is 10.3. The fourth-order valence-corrected chi connectivity index (χ4v) is 11.8. The van der Waals surface area contributed by atoms with E-state index in [1.807, 2.05) is 128 Å². The second kappa shape index (κ2) is 9.55. The van der Waals surface area contributed by atoms with Crippen molar-refractivity contribution in [1.82, 2.24) is 0 Å². The molecule has 0 heterocycles. The van der Waals surface area contributed by atoms with Crippen LogP contribution in [0.5, 0.6) is 0 Å². The second-order valence-corrected chi connectivity index (χ2v) is 14.5. The van der Waals surface area contributed by atoms with Gasteiger partial charge >= 0.3 is 0 Å². The molecule has 0 fully saturated rings. The van der Waals surface area contributed by atoms with Crippen LogP contribution in [0, 0.1) is 0 Å². The maximum absolute atomic E-state index is 15.0. The molecule has 4 heteroatoms. The van der Waals surface area contributed by atoms with Crippen molar-refractivity contribution in [3.63, 3.8) is 0 Å². The zero-order valence-electron chi connectivity index (χ0n) is 18.5. The zero-order chi connectivity index (χ0) is 22.6. The Bertz CT molecular complexity index is 1100. The summed E-state index contributed by atoms with van der Waals surface area (Å²) >= 11 is 0. The van der Waals surface area contributed by atoms with Gasteiger partial charge in [0.15, 0.2) is 0 Å². The first-order chi connectivity index (χ1) is 15.5. The summed E-state index contributed by atoms with van der Waals surface area (Å²) in [6, 6.07) is 39.3. The summed E-state index contributed by atoms with van der Waals surface area (Å²) in [6.07, 6.45) is 0. The molecule has 162 valence electrons. The van der Waals surface area contributed by atoms with Crippen molar-refractivity contribution >= 4 is 35.8 Å². The van der Waals surface area contributed by atoms with Gasteiger partial charge in [0.05, 0.1) is 5.66 Å². The molecule has 2 nitrogen and oxygen atoms in total. The van der Waals surface area contributed by atoms with Gasteiger partial charge in [-0.2, -0.15) is 0 Å². The average molecular weight is 459 g/mol.